The van der Waals surface area contributed by atoms with Crippen LogP contribution in [0.25, 0.3) is 22.3 Å². The van der Waals surface area contributed by atoms with Gasteiger partial charge in [-0.25, -0.2) is 14.4 Å². The van der Waals surface area contributed by atoms with E-state index in [1.807, 2.05) is 12.4 Å². The molecular formula is C36H41FN8O. The van der Waals surface area contributed by atoms with Crippen LogP contribution in [0.5, 0.6) is 0 Å². The first kappa shape index (κ1) is 28.3. The molecule has 4 fully saturated rings. The maximum absolute atomic E-state index is 14.7. The Morgan fingerprint density at radius 2 is 1.83 bits per heavy atom. The fourth-order valence-electron chi connectivity index (χ4n) is 8.90. The Kier molecular flexibility index (Phi) is 6.51. The molecule has 3 aromatic heterocycles. The van der Waals surface area contributed by atoms with Crippen molar-refractivity contribution in [3.63, 3.8) is 0 Å². The van der Waals surface area contributed by atoms with Crippen molar-refractivity contribution >= 4 is 34.1 Å². The first-order valence-electron chi connectivity index (χ1n) is 17.1. The Bertz CT molecular complexity index is 1830. The molecule has 9 nitrogen and oxygen atoms in total. The van der Waals surface area contributed by atoms with E-state index in [0.717, 1.165) is 84.2 Å². The number of carbonyl (C=O) groups excluding carboxylic acids is 1. The molecule has 5 aliphatic rings. The van der Waals surface area contributed by atoms with E-state index in [1.54, 1.807) is 12.3 Å². The molecule has 2 N–H and O–H groups in total. The van der Waals surface area contributed by atoms with Gasteiger partial charge in [0.2, 0.25) is 5.91 Å². The number of pyridine rings is 2. The molecule has 1 spiro atoms. The highest BCUT2D eigenvalue weighted by Gasteiger charge is 2.55. The zero-order valence-corrected chi connectivity index (χ0v) is 26.5. The first-order valence-corrected chi connectivity index (χ1v) is 17.1. The molecule has 0 unspecified atom stereocenters. The van der Waals surface area contributed by atoms with Crippen LogP contribution in [-0.4, -0.2) is 68.6 Å². The van der Waals surface area contributed by atoms with E-state index in [9.17, 15) is 9.18 Å². The molecule has 0 radical (unpaired) electrons. The van der Waals surface area contributed by atoms with Gasteiger partial charge in [-0.1, -0.05) is 12.1 Å². The lowest BCUT2D eigenvalue weighted by Crippen LogP contribution is -2.57. The van der Waals surface area contributed by atoms with Crippen molar-refractivity contribution in [2.24, 2.45) is 11.8 Å². The van der Waals surface area contributed by atoms with Crippen LogP contribution >= 0.6 is 0 Å². The van der Waals surface area contributed by atoms with Crippen LogP contribution in [-0.2, 0) is 10.2 Å². The molecule has 0 bridgehead atoms. The third-order valence-corrected chi connectivity index (χ3v) is 11.8. The lowest BCUT2D eigenvalue weighted by atomic mass is 9.74. The number of nitrogens with zero attached hydrogens (tertiary/aromatic N) is 6. The molecule has 10 heteroatoms. The van der Waals surface area contributed by atoms with Crippen LogP contribution < -0.4 is 15.5 Å². The van der Waals surface area contributed by atoms with Crippen LogP contribution in [0.15, 0.2) is 49.1 Å². The number of halogens is 1. The average Bonchev–Trinajstić information content (AvgIpc) is 3.66. The van der Waals surface area contributed by atoms with Crippen molar-refractivity contribution in [3.05, 3.63) is 60.4 Å². The van der Waals surface area contributed by atoms with Gasteiger partial charge in [-0.15, -0.1) is 0 Å². The number of hydrogen-bond acceptors (Lipinski definition) is 7. The van der Waals surface area contributed by atoms with Crippen molar-refractivity contribution in [3.8, 4) is 11.3 Å². The minimum absolute atomic E-state index is 0.142. The van der Waals surface area contributed by atoms with Crippen LogP contribution in [0, 0.1) is 17.7 Å². The van der Waals surface area contributed by atoms with Crippen molar-refractivity contribution in [2.45, 2.75) is 75.9 Å². The van der Waals surface area contributed by atoms with Gasteiger partial charge < -0.3 is 20.1 Å². The van der Waals surface area contributed by atoms with Crippen LogP contribution in [0.3, 0.4) is 0 Å². The number of benzene rings is 1. The Labute approximate surface area is 268 Å². The fourth-order valence-corrected chi connectivity index (χ4v) is 8.90. The number of piperidine rings is 1. The van der Waals surface area contributed by atoms with Crippen LogP contribution in [0.1, 0.15) is 64.0 Å². The van der Waals surface area contributed by atoms with Crippen molar-refractivity contribution < 1.29 is 9.18 Å². The second-order valence-corrected chi connectivity index (χ2v) is 14.5. The highest BCUT2D eigenvalue weighted by Crippen LogP contribution is 2.52. The largest absolute Gasteiger partial charge is 0.336 e. The van der Waals surface area contributed by atoms with Gasteiger partial charge in [0.1, 0.15) is 5.52 Å². The smallest absolute Gasteiger partial charge is 0.238 e. The summed E-state index contributed by atoms with van der Waals surface area (Å²) in [5.74, 6) is 2.17. The van der Waals surface area contributed by atoms with E-state index in [0.29, 0.717) is 17.5 Å². The third-order valence-electron chi connectivity index (χ3n) is 11.8. The van der Waals surface area contributed by atoms with Gasteiger partial charge >= 0.3 is 0 Å². The van der Waals surface area contributed by atoms with E-state index in [-0.39, 0.29) is 18.0 Å². The Balaban J connectivity index is 1.10. The molecule has 6 heterocycles. The fraction of sp³-hybridized carbons (Fsp3) is 0.500. The molecule has 1 aromatic carbocycles. The number of hydrogen-bond donors (Lipinski definition) is 2. The summed E-state index contributed by atoms with van der Waals surface area (Å²) < 4.78 is 16.8. The van der Waals surface area contributed by atoms with E-state index in [4.69, 9.17) is 9.97 Å². The number of nitrogens with one attached hydrogen (secondary N) is 2. The number of aromatic nitrogens is 4. The monoisotopic (exact) mass is 620 g/mol. The Hall–Kier alpha value is -3.89. The minimum Gasteiger partial charge on any atom is -0.336 e. The number of likely N-dealkylation sites (tertiary alicyclic amines) is 1. The second kappa shape index (κ2) is 10.6. The number of imidazole rings is 1. The van der Waals surface area contributed by atoms with Gasteiger partial charge in [0.25, 0.3) is 0 Å². The normalized spacial score (nSPS) is 26.8. The summed E-state index contributed by atoms with van der Waals surface area (Å²) in [6.07, 6.45) is 11.1. The van der Waals surface area contributed by atoms with Gasteiger partial charge in [0.05, 0.1) is 34.8 Å². The second-order valence-electron chi connectivity index (χ2n) is 14.5. The predicted octanol–water partition coefficient (Wildman–Crippen LogP) is 5.80. The maximum Gasteiger partial charge on any atom is 0.238 e. The topological polar surface area (TPSA) is 91.2 Å². The van der Waals surface area contributed by atoms with E-state index >= 15 is 0 Å². The molecule has 2 saturated heterocycles. The average molecular weight is 621 g/mol. The first-order chi connectivity index (χ1) is 22.4. The highest BCUT2D eigenvalue weighted by atomic mass is 19.1. The predicted molar refractivity (Wildman–Crippen MR) is 177 cm³/mol. The van der Waals surface area contributed by atoms with Gasteiger partial charge in [-0.3, -0.25) is 14.7 Å². The van der Waals surface area contributed by atoms with Crippen molar-refractivity contribution in [1.29, 1.82) is 0 Å². The molecule has 9 rings (SSSR count). The van der Waals surface area contributed by atoms with Gasteiger partial charge in [-0.2, -0.15) is 0 Å². The zero-order valence-electron chi connectivity index (χ0n) is 26.5. The number of fused-ring (bicyclic) bond motifs is 4. The van der Waals surface area contributed by atoms with E-state index in [2.05, 4.69) is 62.0 Å². The minimum atomic E-state index is -0.462. The molecule has 46 heavy (non-hydrogen) atoms. The van der Waals surface area contributed by atoms with Gasteiger partial charge in [0, 0.05) is 48.7 Å². The summed E-state index contributed by atoms with van der Waals surface area (Å²) in [7, 11) is 0. The number of carbonyl (C=O) groups is 1. The third kappa shape index (κ3) is 4.25. The van der Waals surface area contributed by atoms with Crippen molar-refractivity contribution in [2.75, 3.05) is 36.4 Å². The quantitative estimate of drug-likeness (QED) is 0.282. The molecule has 3 aliphatic heterocycles. The van der Waals surface area contributed by atoms with Crippen LogP contribution in [0.4, 0.5) is 21.6 Å². The summed E-state index contributed by atoms with van der Waals surface area (Å²) >= 11 is 0. The van der Waals surface area contributed by atoms with E-state index in [1.165, 1.54) is 32.1 Å². The summed E-state index contributed by atoms with van der Waals surface area (Å²) in [5, 5.41) is 6.71. The standard InChI is InChI=1S/C36H41FN8O/c1-21(2)44-20-40-31-16-30(42-34(33(31)44)41-29-7-10-39-17-28(29)37)22-5-6-27-32(13-22)45(35(46)36(27)8-11-38-12-9-36)26-14-25(15-26)43-18-23-3-4-24(23)19-43/h5-7,10,13,16-17,20-21,23-26,38H,3-4,8-9,11-12,14-15,18-19H2,1-2H3,(H,39,41,42)/t23-,24+,25-,26+. The Morgan fingerprint density at radius 1 is 1.04 bits per heavy atom. The lowest BCUT2D eigenvalue weighted by Gasteiger charge is -2.46. The summed E-state index contributed by atoms with van der Waals surface area (Å²) in [4.78, 5) is 33.1. The summed E-state index contributed by atoms with van der Waals surface area (Å²) in [5.41, 5.74) is 5.30. The number of rotatable bonds is 6. The molecular weight excluding hydrogens is 579 g/mol. The van der Waals surface area contributed by atoms with Crippen LogP contribution in [0.2, 0.25) is 0 Å². The molecule has 4 aromatic rings. The number of amides is 1. The zero-order chi connectivity index (χ0) is 31.2. The SMILES string of the molecule is CC(C)n1cnc2cc(-c3ccc4c(c3)N([C@H]3C[C@@H](N5C[C@H]6CC[C@H]6C5)C3)C(=O)C43CCNCC3)nc(Nc3ccncc3F)c21. The van der Waals surface area contributed by atoms with Gasteiger partial charge in [0.15, 0.2) is 11.6 Å². The molecule has 1 amide bonds. The lowest BCUT2D eigenvalue weighted by molar-refractivity contribution is -0.125. The highest BCUT2D eigenvalue weighted by molar-refractivity contribution is 6.09. The summed E-state index contributed by atoms with van der Waals surface area (Å²) in [6.45, 7) is 8.37. The van der Waals surface area contributed by atoms with Gasteiger partial charge in [-0.05, 0) is 101 Å². The molecule has 238 valence electrons. The summed E-state index contributed by atoms with van der Waals surface area (Å²) in [6, 6.07) is 11.0. The Morgan fingerprint density at radius 3 is 2.54 bits per heavy atom. The molecule has 2 atom stereocenters. The van der Waals surface area contributed by atoms with Crippen molar-refractivity contribution in [1.82, 2.24) is 29.7 Å². The molecule has 2 saturated carbocycles. The molecule has 2 aliphatic carbocycles. The van der Waals surface area contributed by atoms with E-state index < -0.39 is 11.2 Å². The number of anilines is 3. The maximum atomic E-state index is 14.7.